The van der Waals surface area contributed by atoms with Crippen molar-refractivity contribution < 1.29 is 102 Å². The van der Waals surface area contributed by atoms with Gasteiger partial charge in [-0.1, -0.05) is 62.4 Å². The van der Waals surface area contributed by atoms with Crippen molar-refractivity contribution in [3.8, 4) is 0 Å². The van der Waals surface area contributed by atoms with E-state index >= 15 is 4.79 Å². The second-order valence-electron chi connectivity index (χ2n) is 21.0. The van der Waals surface area contributed by atoms with E-state index in [4.69, 9.17) is 37.9 Å². The van der Waals surface area contributed by atoms with Crippen LogP contribution >= 0.6 is 0 Å². The van der Waals surface area contributed by atoms with Crippen molar-refractivity contribution in [3.05, 3.63) is 82.9 Å². The number of nitrogens with one attached hydrogen (secondary N) is 1. The summed E-state index contributed by atoms with van der Waals surface area (Å²) in [7, 11) is 0. The number of esters is 4. The fourth-order valence-electron chi connectivity index (χ4n) is 11.2. The van der Waals surface area contributed by atoms with Crippen LogP contribution in [0.25, 0.3) is 0 Å². The van der Waals surface area contributed by atoms with Gasteiger partial charge in [0.1, 0.15) is 60.5 Å². The molecule has 22 heteroatoms. The number of fused-ring (bicyclic) bond motifs is 5. The van der Waals surface area contributed by atoms with E-state index in [1.165, 1.54) is 52.0 Å². The molecule has 2 heterocycles. The molecule has 8 N–H and O–H groups in total. The molecule has 2 bridgehead atoms. The largest absolute Gasteiger partial charge is 0.456 e. The number of carbonyl (C=O) groups is 6. The number of Topliss-reactive ketones (excluding diaryl/α,β-unsaturated/α-hetero) is 1. The third kappa shape index (κ3) is 10.1. The van der Waals surface area contributed by atoms with Crippen LogP contribution in [0, 0.1) is 16.7 Å². The molecule has 22 nitrogen and oxygen atoms in total. The molecule has 5 aliphatic rings. The van der Waals surface area contributed by atoms with E-state index in [2.05, 4.69) is 5.32 Å². The molecule has 16 atom stereocenters. The highest BCUT2D eigenvalue weighted by atomic mass is 16.7. The molecular weight excluding hydrogens is 963 g/mol. The van der Waals surface area contributed by atoms with Gasteiger partial charge in [-0.2, -0.15) is 0 Å². The number of amides is 1. The number of ketones is 1. The molecule has 0 unspecified atom stereocenters. The molecule has 2 saturated heterocycles. The molecule has 73 heavy (non-hydrogen) atoms. The van der Waals surface area contributed by atoms with Crippen molar-refractivity contribution in [2.24, 2.45) is 16.7 Å². The summed E-state index contributed by atoms with van der Waals surface area (Å²) in [5, 5.41) is 81.6. The summed E-state index contributed by atoms with van der Waals surface area (Å²) in [6, 6.07) is 14.0. The van der Waals surface area contributed by atoms with Crippen LogP contribution in [-0.2, 0) is 57.1 Å². The van der Waals surface area contributed by atoms with Crippen molar-refractivity contribution in [2.75, 3.05) is 19.8 Å². The minimum Gasteiger partial charge on any atom is -0.456 e. The van der Waals surface area contributed by atoms with E-state index in [0.717, 1.165) is 6.92 Å². The molecule has 0 spiro atoms. The van der Waals surface area contributed by atoms with Gasteiger partial charge in [-0.05, 0) is 63.5 Å². The molecule has 1 amide bonds. The molecule has 2 aromatic rings. The number of ether oxygens (including phenoxy) is 8. The van der Waals surface area contributed by atoms with Crippen molar-refractivity contribution >= 4 is 35.8 Å². The van der Waals surface area contributed by atoms with Gasteiger partial charge in [0.15, 0.2) is 29.9 Å². The van der Waals surface area contributed by atoms with Crippen LogP contribution in [0.4, 0.5) is 4.79 Å². The summed E-state index contributed by atoms with van der Waals surface area (Å²) >= 11 is 0. The summed E-state index contributed by atoms with van der Waals surface area (Å²) in [4.78, 5) is 85.4. The Balaban J connectivity index is 1.38. The zero-order valence-electron chi connectivity index (χ0n) is 41.7. The second kappa shape index (κ2) is 20.7. The fraction of sp³-hybridized carbons (Fsp3) is 0.608. The Morgan fingerprint density at radius 2 is 1.52 bits per heavy atom. The summed E-state index contributed by atoms with van der Waals surface area (Å²) in [5.74, 6) is -7.39. The lowest BCUT2D eigenvalue weighted by atomic mass is 9.44. The van der Waals surface area contributed by atoms with Gasteiger partial charge in [0.2, 0.25) is 0 Å². The second-order valence-corrected chi connectivity index (χ2v) is 21.0. The van der Waals surface area contributed by atoms with E-state index in [9.17, 15) is 59.7 Å². The highest BCUT2D eigenvalue weighted by Gasteiger charge is 2.78. The maximum Gasteiger partial charge on any atom is 0.408 e. The molecular formula is C51H65NO21. The van der Waals surface area contributed by atoms with Crippen LogP contribution < -0.4 is 5.32 Å². The van der Waals surface area contributed by atoms with Gasteiger partial charge in [-0.3, -0.25) is 9.59 Å². The number of carbonyl (C=O) groups excluding carboxylic acids is 6. The topological polar surface area (TPSA) is 330 Å². The van der Waals surface area contributed by atoms with E-state index in [-0.39, 0.29) is 28.7 Å². The smallest absolute Gasteiger partial charge is 0.408 e. The van der Waals surface area contributed by atoms with Crippen LogP contribution in [0.2, 0.25) is 0 Å². The number of benzene rings is 2. The van der Waals surface area contributed by atoms with E-state index in [1.807, 2.05) is 0 Å². The molecule has 4 fully saturated rings. The van der Waals surface area contributed by atoms with Crippen molar-refractivity contribution in [1.29, 1.82) is 0 Å². The van der Waals surface area contributed by atoms with Gasteiger partial charge in [0.05, 0.1) is 42.3 Å². The molecule has 0 radical (unpaired) electrons. The average Bonchev–Trinajstić information content (AvgIpc) is 3.32. The third-order valence-corrected chi connectivity index (χ3v) is 15.0. The van der Waals surface area contributed by atoms with Crippen molar-refractivity contribution in [2.45, 2.75) is 158 Å². The predicted molar refractivity (Wildman–Crippen MR) is 247 cm³/mol. The minimum absolute atomic E-state index is 0.00683. The maximum absolute atomic E-state index is 16.0. The molecule has 0 aromatic heterocycles. The van der Waals surface area contributed by atoms with Gasteiger partial charge >= 0.3 is 30.0 Å². The van der Waals surface area contributed by atoms with Gasteiger partial charge in [0.25, 0.3) is 0 Å². The zero-order valence-corrected chi connectivity index (χ0v) is 41.7. The molecule has 2 aliphatic heterocycles. The lowest BCUT2D eigenvalue weighted by molar-refractivity contribution is -0.346. The molecule has 2 saturated carbocycles. The Morgan fingerprint density at radius 3 is 2.10 bits per heavy atom. The molecule has 400 valence electrons. The van der Waals surface area contributed by atoms with Gasteiger partial charge in [-0.25, -0.2) is 19.2 Å². The van der Waals surface area contributed by atoms with E-state index < -0.39 is 169 Å². The molecule has 2 aromatic carbocycles. The van der Waals surface area contributed by atoms with Gasteiger partial charge < -0.3 is 79.0 Å². The Hall–Kier alpha value is -5.40. The summed E-state index contributed by atoms with van der Waals surface area (Å²) < 4.78 is 46.8. The Morgan fingerprint density at radius 1 is 0.890 bits per heavy atom. The summed E-state index contributed by atoms with van der Waals surface area (Å²) in [6.45, 7) is 9.15. The Bertz CT molecular complexity index is 2440. The monoisotopic (exact) mass is 1030 g/mol. The SMILES string of the molecule is CC(=O)O[C@@]12CO[C@@H]1C[C@H](O)[C@@]1(C)C(=O)[C@H](OC(=O)CO[C@H]3O[C@H](CO)[C@@H](O)[C@H](O)[C@H]3O)C3=C(C)[C@@H](OC(=O)[C@H](O)[C@@H](NC(=O)OC(C)(C)C)c4ccccc4)C[C@@](O)([C@@H](OC(=O)c4ccccc4)[C@H]21)C3(C)C. The van der Waals surface area contributed by atoms with E-state index in [1.54, 1.807) is 57.2 Å². The van der Waals surface area contributed by atoms with Crippen LogP contribution in [0.5, 0.6) is 0 Å². The van der Waals surface area contributed by atoms with Crippen molar-refractivity contribution in [3.63, 3.8) is 0 Å². The number of aliphatic hydroxyl groups is 7. The maximum atomic E-state index is 16.0. The standard InChI is InChI=1S/C51H65NO21/c1-24-28(68-44(63)36(58)34(26-15-11-9-12-16-26)52-46(64)73-47(3,4)5)20-51(65)42(71-43(62)27-17-13-10-14-18-27)40-49(8,30(55)19-31-50(40,23-67-31)72-25(2)54)41(61)39(33(24)48(51,6)7)70-32(56)22-66-45-38(60)37(59)35(57)29(21-53)69-45/h9-18,28-31,34-40,42,45,53,55,57-60,65H,19-23H2,1-8H3,(H,52,64)/t28-,29+,30-,31+,34-,35+,36+,37-,38+,39+,40-,42-,45-,49+,50-,51+/m0/s1. The van der Waals surface area contributed by atoms with Crippen LogP contribution in [0.1, 0.15) is 90.2 Å². The van der Waals surface area contributed by atoms with Crippen LogP contribution in [-0.4, -0.2) is 175 Å². The number of alkyl carbamates (subject to hydrolysis) is 1. The highest BCUT2D eigenvalue weighted by molar-refractivity contribution is 5.96. The third-order valence-electron chi connectivity index (χ3n) is 15.0. The first-order valence-electron chi connectivity index (χ1n) is 23.9. The van der Waals surface area contributed by atoms with Crippen molar-refractivity contribution in [1.82, 2.24) is 5.32 Å². The van der Waals surface area contributed by atoms with E-state index in [0.29, 0.717) is 0 Å². The summed E-state index contributed by atoms with van der Waals surface area (Å²) in [5.41, 5.74) is -9.64. The Kier molecular flexibility index (Phi) is 15.7. The number of aliphatic hydroxyl groups excluding tert-OH is 6. The van der Waals surface area contributed by atoms with Crippen LogP contribution in [0.15, 0.2) is 71.8 Å². The normalized spacial score (nSPS) is 35.5. The lowest BCUT2D eigenvalue weighted by Crippen LogP contribution is -2.82. The van der Waals surface area contributed by atoms with Gasteiger partial charge in [-0.15, -0.1) is 0 Å². The zero-order chi connectivity index (χ0) is 53.7. The average molecular weight is 1030 g/mol. The number of rotatable bonds is 13. The first-order valence-corrected chi connectivity index (χ1v) is 23.9. The number of hydrogen-bond donors (Lipinski definition) is 8. The van der Waals surface area contributed by atoms with Crippen LogP contribution in [0.3, 0.4) is 0 Å². The molecule has 3 aliphatic carbocycles. The lowest BCUT2D eigenvalue weighted by Gasteiger charge is -2.67. The highest BCUT2D eigenvalue weighted by Crippen LogP contribution is 2.64. The first kappa shape index (κ1) is 55.4. The minimum atomic E-state index is -2.58. The Labute approximate surface area is 420 Å². The van der Waals surface area contributed by atoms with Gasteiger partial charge in [0, 0.05) is 25.2 Å². The fourth-order valence-corrected chi connectivity index (χ4v) is 11.2. The number of hydrogen-bond acceptors (Lipinski definition) is 21. The first-order chi connectivity index (χ1) is 34.1. The molecule has 7 rings (SSSR count). The predicted octanol–water partition coefficient (Wildman–Crippen LogP) is 0.627. The quantitative estimate of drug-likeness (QED) is 0.0775. The summed E-state index contributed by atoms with van der Waals surface area (Å²) in [6.07, 6.45) is -21.8.